The highest BCUT2D eigenvalue weighted by atomic mass is 16.5. The van der Waals surface area contributed by atoms with Crippen molar-refractivity contribution in [2.24, 2.45) is 16.8 Å². The predicted octanol–water partition coefficient (Wildman–Crippen LogP) is 7.35. The fourth-order valence-corrected chi connectivity index (χ4v) is 9.04. The number of hydrogen-bond acceptors (Lipinski definition) is 9. The van der Waals surface area contributed by atoms with Crippen molar-refractivity contribution in [1.82, 2.24) is 30.4 Å². The lowest BCUT2D eigenvalue weighted by Gasteiger charge is -2.30. The molecule has 4 amide bonds. The first-order valence-corrected chi connectivity index (χ1v) is 20.9. The lowest BCUT2D eigenvalue weighted by atomic mass is 9.92. The van der Waals surface area contributed by atoms with Crippen LogP contribution in [0.15, 0.2) is 65.8 Å². The highest BCUT2D eigenvalue weighted by Gasteiger charge is 2.40. The predicted molar refractivity (Wildman–Crippen MR) is 227 cm³/mol. The van der Waals surface area contributed by atoms with Gasteiger partial charge in [0.05, 0.1) is 43.9 Å². The summed E-state index contributed by atoms with van der Waals surface area (Å²) < 4.78 is 16.0. The summed E-state index contributed by atoms with van der Waals surface area (Å²) in [5, 5.41) is 5.44. The number of aliphatic imine (C=N–C) groups is 1. The topological polar surface area (TPSA) is 168 Å². The summed E-state index contributed by atoms with van der Waals surface area (Å²) in [5.74, 6) is 1.09. The molecule has 8 rings (SSSR count). The molecule has 0 radical (unpaired) electrons. The molecule has 0 bridgehead atoms. The first-order chi connectivity index (χ1) is 28.9. The summed E-state index contributed by atoms with van der Waals surface area (Å²) in [6, 6.07) is 17.3. The average molecular weight is 816 g/mol. The molecule has 1 unspecified atom stereocenters. The van der Waals surface area contributed by atoms with Gasteiger partial charge in [0, 0.05) is 30.8 Å². The van der Waals surface area contributed by atoms with Gasteiger partial charge in [0.15, 0.2) is 0 Å². The molecular weight excluding hydrogens is 763 g/mol. The number of nitrogens with one attached hydrogen (secondary N) is 3. The Morgan fingerprint density at radius 3 is 2.00 bits per heavy atom. The van der Waals surface area contributed by atoms with Crippen LogP contribution < -0.4 is 15.4 Å². The molecule has 4 aliphatic rings. The van der Waals surface area contributed by atoms with Gasteiger partial charge in [0.1, 0.15) is 30.3 Å². The molecule has 0 aliphatic carbocycles. The Hall–Kier alpha value is -6.18. The van der Waals surface area contributed by atoms with E-state index in [1.807, 2.05) is 43.7 Å². The van der Waals surface area contributed by atoms with E-state index in [4.69, 9.17) is 24.2 Å². The van der Waals surface area contributed by atoms with Crippen molar-refractivity contribution in [3.8, 4) is 39.3 Å². The maximum Gasteiger partial charge on any atom is 0.407 e. The van der Waals surface area contributed by atoms with Crippen LogP contribution in [0.25, 0.3) is 33.5 Å². The smallest absolute Gasteiger partial charge is 0.407 e. The van der Waals surface area contributed by atoms with Gasteiger partial charge >= 0.3 is 12.2 Å². The molecule has 2 saturated heterocycles. The second-order valence-electron chi connectivity index (χ2n) is 16.8. The maximum absolute atomic E-state index is 13.7. The normalized spacial score (nSPS) is 18.9. The minimum Gasteiger partial charge on any atom is -0.488 e. The molecule has 4 aromatic rings. The van der Waals surface area contributed by atoms with Crippen LogP contribution in [0.5, 0.6) is 5.75 Å². The Morgan fingerprint density at radius 2 is 1.33 bits per heavy atom. The van der Waals surface area contributed by atoms with E-state index in [2.05, 4.69) is 70.2 Å². The number of fused-ring (bicyclic) bond motifs is 4. The number of likely N-dealkylation sites (tertiary alicyclic amines) is 2. The zero-order valence-corrected chi connectivity index (χ0v) is 35.0. The third kappa shape index (κ3) is 7.82. The van der Waals surface area contributed by atoms with Gasteiger partial charge in [0.2, 0.25) is 11.8 Å². The van der Waals surface area contributed by atoms with Gasteiger partial charge in [0.25, 0.3) is 0 Å². The Labute approximate surface area is 350 Å². The average Bonchev–Trinajstić information content (AvgIpc) is 4.09. The number of amides is 4. The van der Waals surface area contributed by atoms with Crippen LogP contribution in [-0.4, -0.2) is 94.9 Å². The number of benzene rings is 3. The summed E-state index contributed by atoms with van der Waals surface area (Å²) in [6.07, 6.45) is 4.57. The Bertz CT molecular complexity index is 2350. The van der Waals surface area contributed by atoms with Crippen LogP contribution in [0.2, 0.25) is 0 Å². The molecule has 60 heavy (non-hydrogen) atoms. The van der Waals surface area contributed by atoms with Gasteiger partial charge in [-0.25, -0.2) is 14.6 Å². The molecule has 0 spiro atoms. The first-order valence-electron chi connectivity index (χ1n) is 20.9. The van der Waals surface area contributed by atoms with Crippen molar-refractivity contribution in [1.29, 1.82) is 0 Å². The van der Waals surface area contributed by atoms with Gasteiger partial charge in [-0.05, 0) is 95.2 Å². The molecular formula is C46H53N7O7. The molecule has 14 nitrogen and oxygen atoms in total. The summed E-state index contributed by atoms with van der Waals surface area (Å²) in [4.78, 5) is 68.3. The lowest BCUT2D eigenvalue weighted by molar-refractivity contribution is -0.135. The Balaban J connectivity index is 0.950. The number of H-pyrrole nitrogens is 1. The van der Waals surface area contributed by atoms with Crippen molar-refractivity contribution in [2.75, 3.05) is 27.3 Å². The fourth-order valence-electron chi connectivity index (χ4n) is 9.04. The number of methoxy groups -OCH3 is 2. The van der Waals surface area contributed by atoms with Crippen molar-refractivity contribution in [2.45, 2.75) is 90.6 Å². The van der Waals surface area contributed by atoms with Crippen molar-refractivity contribution >= 4 is 35.4 Å². The Morgan fingerprint density at radius 1 is 0.750 bits per heavy atom. The second kappa shape index (κ2) is 16.8. The largest absolute Gasteiger partial charge is 0.488 e. The third-order valence-electron chi connectivity index (χ3n) is 12.3. The number of nitrogens with zero attached hydrogens (tertiary/aromatic N) is 4. The van der Waals surface area contributed by atoms with E-state index < -0.39 is 24.3 Å². The van der Waals surface area contributed by atoms with Crippen LogP contribution >= 0.6 is 0 Å². The minimum atomic E-state index is -0.694. The van der Waals surface area contributed by atoms with Crippen LogP contribution in [0, 0.1) is 11.8 Å². The van der Waals surface area contributed by atoms with Crippen LogP contribution in [0.1, 0.15) is 76.4 Å². The minimum absolute atomic E-state index is 0.0938. The van der Waals surface area contributed by atoms with E-state index in [0.717, 1.165) is 93.3 Å². The van der Waals surface area contributed by atoms with Crippen LogP contribution in [0.4, 0.5) is 15.3 Å². The fraction of sp³-hybridized carbons (Fsp3) is 0.435. The second-order valence-corrected chi connectivity index (χ2v) is 16.8. The summed E-state index contributed by atoms with van der Waals surface area (Å²) in [6.45, 7) is 9.28. The summed E-state index contributed by atoms with van der Waals surface area (Å²) in [7, 11) is 2.59. The molecule has 0 saturated carbocycles. The van der Waals surface area contributed by atoms with Crippen molar-refractivity contribution in [3.05, 3.63) is 77.7 Å². The van der Waals surface area contributed by atoms with E-state index in [0.29, 0.717) is 26.1 Å². The number of carbonyl (C=O) groups is 4. The van der Waals surface area contributed by atoms with E-state index in [-0.39, 0.29) is 35.7 Å². The Kier molecular flexibility index (Phi) is 11.4. The molecule has 314 valence electrons. The molecule has 4 aliphatic heterocycles. The molecule has 3 aromatic carbocycles. The first kappa shape index (κ1) is 40.6. The van der Waals surface area contributed by atoms with Crippen LogP contribution in [-0.2, 0) is 32.1 Å². The molecule has 3 N–H and O–H groups in total. The molecule has 2 fully saturated rings. The number of ether oxygens (including phenoxy) is 3. The molecule has 14 heteroatoms. The SMILES string of the molecule is COC(=O)NC(C(=O)N1CCC[C@H]1C1=Nc2ccc(-c3ccc4c(c3)OCc3cc(-c5cnc([C@@H]6CCCN6C(=O)[C@@H](NC(=O)OC)C(C)C)[nH]5)ccc3-4)cc2C1)C(C)C. The van der Waals surface area contributed by atoms with E-state index in [1.165, 1.54) is 14.2 Å². The zero-order valence-electron chi connectivity index (χ0n) is 35.0. The highest BCUT2D eigenvalue weighted by Crippen LogP contribution is 2.43. The van der Waals surface area contributed by atoms with Crippen LogP contribution in [0.3, 0.4) is 0 Å². The van der Waals surface area contributed by atoms with E-state index in [1.54, 1.807) is 0 Å². The summed E-state index contributed by atoms with van der Waals surface area (Å²) >= 11 is 0. The van der Waals surface area contributed by atoms with E-state index >= 15 is 0 Å². The maximum atomic E-state index is 13.7. The summed E-state index contributed by atoms with van der Waals surface area (Å²) in [5.41, 5.74) is 10.2. The quantitative estimate of drug-likeness (QED) is 0.149. The zero-order chi connectivity index (χ0) is 42.2. The van der Waals surface area contributed by atoms with Crippen molar-refractivity contribution in [3.63, 3.8) is 0 Å². The van der Waals surface area contributed by atoms with E-state index in [9.17, 15) is 19.2 Å². The number of hydrogen-bond donors (Lipinski definition) is 3. The number of aromatic amines is 1. The molecule has 5 heterocycles. The van der Waals surface area contributed by atoms with Gasteiger partial charge in [-0.2, -0.15) is 0 Å². The third-order valence-corrected chi connectivity index (χ3v) is 12.3. The standard InChI is InChI=1S/C46H53N7O7/c1-25(2)40(50-45(56)58-5)43(54)52-17-7-9-37(52)35-21-30-19-27(13-16-34(30)48-35)28-11-15-33-32-14-12-29(20-31(32)24-60-39(33)22-28)36-23-47-42(49-36)38-10-8-18-53(38)44(55)41(26(3)4)51-46(57)59-6/h11-16,19-20,22-23,25-26,37-38,40-41H,7-10,17-18,21,24H2,1-6H3,(H,47,49)(H,50,56)(H,51,57)/t37-,38-,40?,41-/m0/s1. The van der Waals surface area contributed by atoms with Gasteiger partial charge in [-0.1, -0.05) is 58.0 Å². The van der Waals surface area contributed by atoms with Crippen molar-refractivity contribution < 1.29 is 33.4 Å². The van der Waals surface area contributed by atoms with Gasteiger partial charge < -0.3 is 39.6 Å². The van der Waals surface area contributed by atoms with Gasteiger partial charge in [-0.15, -0.1) is 0 Å². The molecule has 4 atom stereocenters. The number of alkyl carbamates (subject to hydrolysis) is 2. The highest BCUT2D eigenvalue weighted by molar-refractivity contribution is 6.01. The number of imidazole rings is 1. The molecule has 1 aromatic heterocycles. The monoisotopic (exact) mass is 815 g/mol. The number of aromatic nitrogens is 2. The number of carbonyl (C=O) groups excluding carboxylic acids is 4. The van der Waals surface area contributed by atoms with Gasteiger partial charge in [-0.3, -0.25) is 14.6 Å². The number of rotatable bonds is 10. The lowest BCUT2D eigenvalue weighted by Crippen LogP contribution is -2.53.